The molecular formula is C17H31N5O2. The predicted octanol–water partition coefficient (Wildman–Crippen LogP) is 2.26. The number of hydrogen-bond donors (Lipinski definition) is 1. The third-order valence-electron chi connectivity index (χ3n) is 4.47. The van der Waals surface area contributed by atoms with Crippen molar-refractivity contribution in [1.29, 1.82) is 0 Å². The van der Waals surface area contributed by atoms with Crippen LogP contribution in [0.4, 0.5) is 10.5 Å². The maximum Gasteiger partial charge on any atom is 0.322 e. The summed E-state index contributed by atoms with van der Waals surface area (Å²) in [5.41, 5.74) is 0.738. The van der Waals surface area contributed by atoms with Crippen molar-refractivity contribution in [3.8, 4) is 0 Å². The lowest BCUT2D eigenvalue weighted by Crippen LogP contribution is -2.46. The van der Waals surface area contributed by atoms with E-state index in [9.17, 15) is 4.79 Å². The van der Waals surface area contributed by atoms with Gasteiger partial charge in [0.15, 0.2) is 0 Å². The average molecular weight is 337 g/mol. The van der Waals surface area contributed by atoms with Crippen molar-refractivity contribution in [3.05, 3.63) is 12.4 Å². The van der Waals surface area contributed by atoms with Crippen LogP contribution in [-0.4, -0.2) is 72.6 Å². The van der Waals surface area contributed by atoms with Gasteiger partial charge < -0.3 is 19.9 Å². The van der Waals surface area contributed by atoms with Crippen LogP contribution in [0, 0.1) is 0 Å². The molecule has 2 rings (SSSR count). The van der Waals surface area contributed by atoms with Crippen molar-refractivity contribution < 1.29 is 9.53 Å². The zero-order valence-corrected chi connectivity index (χ0v) is 15.2. The topological polar surface area (TPSA) is 62.6 Å². The molecule has 1 saturated carbocycles. The molecule has 0 saturated heterocycles. The highest BCUT2D eigenvalue weighted by Gasteiger charge is 2.25. The summed E-state index contributed by atoms with van der Waals surface area (Å²) in [5, 5.41) is 7.25. The quantitative estimate of drug-likeness (QED) is 0.790. The molecule has 1 N–H and O–H groups in total. The zero-order valence-electron chi connectivity index (χ0n) is 15.2. The normalized spacial score (nSPS) is 15.7. The molecule has 0 aliphatic heterocycles. The molecule has 1 heterocycles. The maximum atomic E-state index is 12.8. The fourth-order valence-electron chi connectivity index (χ4n) is 3.08. The number of amides is 2. The van der Waals surface area contributed by atoms with E-state index in [2.05, 4.69) is 15.3 Å². The smallest absolute Gasteiger partial charge is 0.322 e. The van der Waals surface area contributed by atoms with Gasteiger partial charge in [-0.15, -0.1) is 0 Å². The number of urea groups is 1. The summed E-state index contributed by atoms with van der Waals surface area (Å²) in [5.74, 6) is 0. The van der Waals surface area contributed by atoms with E-state index in [1.807, 2.05) is 25.2 Å². The molecule has 7 nitrogen and oxygen atoms in total. The third kappa shape index (κ3) is 5.79. The summed E-state index contributed by atoms with van der Waals surface area (Å²) in [7, 11) is 5.74. The Bertz CT molecular complexity index is 497. The Morgan fingerprint density at radius 1 is 1.33 bits per heavy atom. The van der Waals surface area contributed by atoms with Crippen molar-refractivity contribution in [3.63, 3.8) is 0 Å². The molecule has 0 radical (unpaired) electrons. The van der Waals surface area contributed by atoms with Gasteiger partial charge >= 0.3 is 6.03 Å². The van der Waals surface area contributed by atoms with E-state index in [0.717, 1.165) is 31.6 Å². The van der Waals surface area contributed by atoms with Crippen LogP contribution in [0.3, 0.4) is 0 Å². The molecule has 24 heavy (non-hydrogen) atoms. The molecule has 1 aliphatic carbocycles. The van der Waals surface area contributed by atoms with Crippen molar-refractivity contribution in [2.45, 2.75) is 44.7 Å². The Hall–Kier alpha value is -1.60. The van der Waals surface area contributed by atoms with Crippen molar-refractivity contribution >= 4 is 11.7 Å². The van der Waals surface area contributed by atoms with Crippen molar-refractivity contribution in [2.24, 2.45) is 0 Å². The Kier molecular flexibility index (Phi) is 7.52. The first-order valence-electron chi connectivity index (χ1n) is 8.84. The molecule has 0 aromatic carbocycles. The SMILES string of the molecule is COCCn1cc(NC(=O)N(CCN(C)C)C2CCCCC2)cn1. The second-order valence-electron chi connectivity index (χ2n) is 6.70. The van der Waals surface area contributed by atoms with Gasteiger partial charge in [-0.05, 0) is 26.9 Å². The predicted molar refractivity (Wildman–Crippen MR) is 95.3 cm³/mol. The fourth-order valence-corrected chi connectivity index (χ4v) is 3.08. The molecule has 0 spiro atoms. The molecule has 7 heteroatoms. The summed E-state index contributed by atoms with van der Waals surface area (Å²) in [4.78, 5) is 16.9. The maximum absolute atomic E-state index is 12.8. The number of carbonyl (C=O) groups excluding carboxylic acids is 1. The Labute approximate surface area is 144 Å². The minimum absolute atomic E-state index is 0.0185. The number of nitrogens with one attached hydrogen (secondary N) is 1. The number of likely N-dealkylation sites (N-methyl/N-ethyl adjacent to an activating group) is 1. The van der Waals surface area contributed by atoms with E-state index in [4.69, 9.17) is 4.74 Å². The lowest BCUT2D eigenvalue weighted by molar-refractivity contribution is 0.159. The Morgan fingerprint density at radius 2 is 2.08 bits per heavy atom. The van der Waals surface area contributed by atoms with Gasteiger partial charge in [0, 0.05) is 32.4 Å². The van der Waals surface area contributed by atoms with Gasteiger partial charge in [0.05, 0.1) is 25.0 Å². The first kappa shape index (κ1) is 18.7. The molecule has 136 valence electrons. The van der Waals surface area contributed by atoms with Gasteiger partial charge in [0.2, 0.25) is 0 Å². The second kappa shape index (κ2) is 9.64. The molecular weight excluding hydrogens is 306 g/mol. The van der Waals surface area contributed by atoms with E-state index < -0.39 is 0 Å². The van der Waals surface area contributed by atoms with Gasteiger partial charge in [-0.3, -0.25) is 4.68 Å². The van der Waals surface area contributed by atoms with Crippen LogP contribution < -0.4 is 5.32 Å². The highest BCUT2D eigenvalue weighted by molar-refractivity contribution is 5.89. The molecule has 1 aromatic heterocycles. The number of hydrogen-bond acceptors (Lipinski definition) is 4. The van der Waals surface area contributed by atoms with Gasteiger partial charge in [-0.25, -0.2) is 4.79 Å². The van der Waals surface area contributed by atoms with E-state index in [0.29, 0.717) is 19.2 Å². The van der Waals surface area contributed by atoms with E-state index >= 15 is 0 Å². The van der Waals surface area contributed by atoms with E-state index in [-0.39, 0.29) is 6.03 Å². The molecule has 0 bridgehead atoms. The van der Waals surface area contributed by atoms with Gasteiger partial charge in [0.25, 0.3) is 0 Å². The van der Waals surface area contributed by atoms with E-state index in [1.165, 1.54) is 19.3 Å². The fraction of sp³-hybridized carbons (Fsp3) is 0.765. The number of anilines is 1. The molecule has 1 aliphatic rings. The Morgan fingerprint density at radius 3 is 2.75 bits per heavy atom. The number of carbonyl (C=O) groups is 1. The largest absolute Gasteiger partial charge is 0.383 e. The number of rotatable bonds is 8. The van der Waals surface area contributed by atoms with Crippen LogP contribution in [0.1, 0.15) is 32.1 Å². The van der Waals surface area contributed by atoms with Crippen LogP contribution in [0.5, 0.6) is 0 Å². The highest BCUT2D eigenvalue weighted by atomic mass is 16.5. The van der Waals surface area contributed by atoms with Crippen LogP contribution >= 0.6 is 0 Å². The average Bonchev–Trinajstić information content (AvgIpc) is 3.01. The van der Waals surface area contributed by atoms with Crippen LogP contribution in [-0.2, 0) is 11.3 Å². The first-order valence-corrected chi connectivity index (χ1v) is 8.84. The number of nitrogens with zero attached hydrogens (tertiary/aromatic N) is 4. The summed E-state index contributed by atoms with van der Waals surface area (Å²) in [6.45, 7) is 2.91. The molecule has 0 atom stereocenters. The lowest BCUT2D eigenvalue weighted by Gasteiger charge is -2.35. The standard InChI is InChI=1S/C17H31N5O2/c1-20(2)9-10-22(16-7-5-4-6-8-16)17(23)19-15-13-18-21(14-15)11-12-24-3/h13-14,16H,4-12H2,1-3H3,(H,19,23). The molecule has 1 fully saturated rings. The van der Waals surface area contributed by atoms with Crippen LogP contribution in [0.15, 0.2) is 12.4 Å². The monoisotopic (exact) mass is 337 g/mol. The van der Waals surface area contributed by atoms with Crippen LogP contribution in [0.2, 0.25) is 0 Å². The Balaban J connectivity index is 1.96. The minimum atomic E-state index is -0.0185. The number of methoxy groups -OCH3 is 1. The van der Waals surface area contributed by atoms with Crippen molar-refractivity contribution in [1.82, 2.24) is 19.6 Å². The first-order chi connectivity index (χ1) is 11.6. The number of ether oxygens (including phenoxy) is 1. The molecule has 0 unspecified atom stereocenters. The summed E-state index contributed by atoms with van der Waals surface area (Å²) >= 11 is 0. The van der Waals surface area contributed by atoms with Crippen molar-refractivity contribution in [2.75, 3.05) is 46.2 Å². The van der Waals surface area contributed by atoms with Gasteiger partial charge in [-0.2, -0.15) is 5.10 Å². The van der Waals surface area contributed by atoms with Crippen LogP contribution in [0.25, 0.3) is 0 Å². The summed E-state index contributed by atoms with van der Waals surface area (Å²) in [6, 6.07) is 0.331. The third-order valence-corrected chi connectivity index (χ3v) is 4.47. The van der Waals surface area contributed by atoms with E-state index in [1.54, 1.807) is 18.0 Å². The zero-order chi connectivity index (χ0) is 17.4. The minimum Gasteiger partial charge on any atom is -0.383 e. The summed E-state index contributed by atoms with van der Waals surface area (Å²) in [6.07, 6.45) is 9.46. The highest BCUT2D eigenvalue weighted by Crippen LogP contribution is 2.23. The molecule has 2 amide bonds. The number of aromatic nitrogens is 2. The lowest BCUT2D eigenvalue weighted by atomic mass is 9.94. The summed E-state index contributed by atoms with van der Waals surface area (Å²) < 4.78 is 6.83. The van der Waals surface area contributed by atoms with Gasteiger partial charge in [-0.1, -0.05) is 19.3 Å². The van der Waals surface area contributed by atoms with Gasteiger partial charge in [0.1, 0.15) is 0 Å². The second-order valence-corrected chi connectivity index (χ2v) is 6.70. The molecule has 1 aromatic rings.